The monoisotopic (exact) mass is 341 g/mol. The van der Waals surface area contributed by atoms with Gasteiger partial charge >= 0.3 is 5.97 Å². The van der Waals surface area contributed by atoms with Gasteiger partial charge in [0.25, 0.3) is 0 Å². The highest BCUT2D eigenvalue weighted by atomic mass is 79.9. The zero-order valence-corrected chi connectivity index (χ0v) is 12.2. The smallest absolute Gasteiger partial charge is 0.336 e. The molecule has 4 nitrogen and oxygen atoms in total. The Bertz CT molecular complexity index is 646. The Labute approximate surface area is 123 Å². The lowest BCUT2D eigenvalue weighted by atomic mass is 10.1. The summed E-state index contributed by atoms with van der Waals surface area (Å²) in [6, 6.07) is 6.45. The van der Waals surface area contributed by atoms with Gasteiger partial charge in [-0.1, -0.05) is 17.7 Å². The van der Waals surface area contributed by atoms with Crippen molar-refractivity contribution in [1.29, 1.82) is 0 Å². The fourth-order valence-electron chi connectivity index (χ4n) is 1.54. The highest BCUT2D eigenvalue weighted by molar-refractivity contribution is 9.10. The van der Waals surface area contributed by atoms with Crippen molar-refractivity contribution >= 4 is 33.5 Å². The van der Waals surface area contributed by atoms with Crippen LogP contribution >= 0.6 is 27.5 Å². The number of carbonyl (C=O) groups is 1. The number of hydrogen-bond acceptors (Lipinski definition) is 3. The van der Waals surface area contributed by atoms with Gasteiger partial charge in [-0.2, -0.15) is 0 Å². The molecule has 0 radical (unpaired) electrons. The minimum absolute atomic E-state index is 0.186. The first-order chi connectivity index (χ1) is 8.99. The number of hydrogen-bond donors (Lipinski definition) is 1. The van der Waals surface area contributed by atoms with Crippen LogP contribution in [0.25, 0.3) is 0 Å². The Hall–Kier alpha value is -1.59. The van der Waals surface area contributed by atoms with E-state index < -0.39 is 5.97 Å². The topological polar surface area (TPSA) is 59.4 Å². The molecule has 1 aromatic heterocycles. The first-order valence-electron chi connectivity index (χ1n) is 5.31. The van der Waals surface area contributed by atoms with E-state index in [1.165, 1.54) is 6.07 Å². The van der Waals surface area contributed by atoms with Gasteiger partial charge in [0.2, 0.25) is 5.88 Å². The molecule has 98 valence electrons. The SMILES string of the molecule is Cc1c(Oc2ncc(Br)cc2Cl)cccc1C(=O)O. The third kappa shape index (κ3) is 3.05. The van der Waals surface area contributed by atoms with Crippen molar-refractivity contribution in [3.63, 3.8) is 0 Å². The molecule has 1 N–H and O–H groups in total. The molecule has 0 unspecified atom stereocenters. The van der Waals surface area contributed by atoms with Gasteiger partial charge in [-0.05, 0) is 41.1 Å². The molecule has 0 aliphatic heterocycles. The van der Waals surface area contributed by atoms with Crippen molar-refractivity contribution in [2.45, 2.75) is 6.92 Å². The Balaban J connectivity index is 2.38. The summed E-state index contributed by atoms with van der Waals surface area (Å²) in [5.74, 6) is -0.357. The number of pyridine rings is 1. The lowest BCUT2D eigenvalue weighted by molar-refractivity contribution is 0.0695. The molecule has 19 heavy (non-hydrogen) atoms. The molecule has 6 heteroatoms. The van der Waals surface area contributed by atoms with Crippen LogP contribution in [0.5, 0.6) is 11.6 Å². The number of carboxylic acid groups (broad SMARTS) is 1. The predicted molar refractivity (Wildman–Crippen MR) is 75.2 cm³/mol. The fraction of sp³-hybridized carbons (Fsp3) is 0.0769. The minimum atomic E-state index is -1.00. The maximum Gasteiger partial charge on any atom is 0.336 e. The van der Waals surface area contributed by atoms with Gasteiger partial charge in [0, 0.05) is 16.2 Å². The van der Waals surface area contributed by atoms with Crippen molar-refractivity contribution < 1.29 is 14.6 Å². The summed E-state index contributed by atoms with van der Waals surface area (Å²) >= 11 is 9.25. The van der Waals surface area contributed by atoms with E-state index in [0.29, 0.717) is 16.3 Å². The average molecular weight is 343 g/mol. The van der Waals surface area contributed by atoms with Crippen molar-refractivity contribution in [2.75, 3.05) is 0 Å². The molecular formula is C13H9BrClNO3. The summed E-state index contributed by atoms with van der Waals surface area (Å²) in [5, 5.41) is 9.39. The second-order valence-electron chi connectivity index (χ2n) is 3.78. The van der Waals surface area contributed by atoms with Crippen molar-refractivity contribution in [3.05, 3.63) is 51.1 Å². The fourth-order valence-corrected chi connectivity index (χ4v) is 2.21. The highest BCUT2D eigenvalue weighted by Gasteiger charge is 2.13. The minimum Gasteiger partial charge on any atom is -0.478 e. The van der Waals surface area contributed by atoms with Gasteiger partial charge in [0.15, 0.2) is 0 Å². The quantitative estimate of drug-likeness (QED) is 0.903. The Kier molecular flexibility index (Phi) is 4.07. The van der Waals surface area contributed by atoms with Crippen LogP contribution in [-0.4, -0.2) is 16.1 Å². The van der Waals surface area contributed by atoms with Crippen LogP contribution in [0.1, 0.15) is 15.9 Å². The molecule has 0 spiro atoms. The van der Waals surface area contributed by atoms with E-state index in [1.807, 2.05) is 0 Å². The van der Waals surface area contributed by atoms with Crippen LogP contribution < -0.4 is 4.74 Å². The Morgan fingerprint density at radius 3 is 2.84 bits per heavy atom. The molecule has 0 aliphatic rings. The van der Waals surface area contributed by atoms with Crippen molar-refractivity contribution in [1.82, 2.24) is 4.98 Å². The predicted octanol–water partition coefficient (Wildman–Crippen LogP) is 4.30. The molecule has 0 atom stereocenters. The van der Waals surface area contributed by atoms with E-state index in [2.05, 4.69) is 20.9 Å². The van der Waals surface area contributed by atoms with Gasteiger partial charge in [-0.15, -0.1) is 0 Å². The molecular weight excluding hydrogens is 334 g/mol. The second kappa shape index (κ2) is 5.59. The number of carboxylic acids is 1. The third-order valence-electron chi connectivity index (χ3n) is 2.50. The molecule has 1 heterocycles. The third-order valence-corrected chi connectivity index (χ3v) is 3.20. The molecule has 0 saturated carbocycles. The van der Waals surface area contributed by atoms with Crippen LogP contribution in [-0.2, 0) is 0 Å². The van der Waals surface area contributed by atoms with Gasteiger partial charge in [0.05, 0.1) is 5.56 Å². The summed E-state index contributed by atoms with van der Waals surface area (Å²) in [6.45, 7) is 1.67. The number of rotatable bonds is 3. The largest absolute Gasteiger partial charge is 0.478 e. The average Bonchev–Trinajstić information content (AvgIpc) is 2.34. The Morgan fingerprint density at radius 1 is 1.47 bits per heavy atom. The molecule has 0 saturated heterocycles. The standard InChI is InChI=1S/C13H9BrClNO3/c1-7-9(13(17)18)3-2-4-11(7)19-12-10(15)5-8(14)6-16-12/h2-6H,1H3,(H,17,18). The molecule has 0 aliphatic carbocycles. The first-order valence-corrected chi connectivity index (χ1v) is 6.48. The maximum atomic E-state index is 11.0. The van der Waals surface area contributed by atoms with E-state index in [0.717, 1.165) is 4.47 Å². The summed E-state index contributed by atoms with van der Waals surface area (Å²) in [4.78, 5) is 15.1. The van der Waals surface area contributed by atoms with Crippen LogP contribution in [0.2, 0.25) is 5.02 Å². The number of aromatic nitrogens is 1. The second-order valence-corrected chi connectivity index (χ2v) is 5.10. The molecule has 0 bridgehead atoms. The van der Waals surface area contributed by atoms with E-state index in [-0.39, 0.29) is 11.4 Å². The van der Waals surface area contributed by atoms with Crippen LogP contribution in [0.3, 0.4) is 0 Å². The number of benzene rings is 1. The molecule has 0 fully saturated rings. The van der Waals surface area contributed by atoms with Gasteiger partial charge in [-0.3, -0.25) is 0 Å². The van der Waals surface area contributed by atoms with Gasteiger partial charge in [0.1, 0.15) is 10.8 Å². The molecule has 2 rings (SSSR count). The lowest BCUT2D eigenvalue weighted by Crippen LogP contribution is -2.01. The number of nitrogens with zero attached hydrogens (tertiary/aromatic N) is 1. The molecule has 1 aromatic carbocycles. The van der Waals surface area contributed by atoms with E-state index >= 15 is 0 Å². The molecule has 0 amide bonds. The summed E-state index contributed by atoms with van der Waals surface area (Å²) in [7, 11) is 0. The first kappa shape index (κ1) is 13.8. The number of aromatic carboxylic acids is 1. The van der Waals surface area contributed by atoms with Crippen LogP contribution in [0.15, 0.2) is 34.9 Å². The van der Waals surface area contributed by atoms with E-state index in [1.54, 1.807) is 31.3 Å². The van der Waals surface area contributed by atoms with Crippen LogP contribution in [0.4, 0.5) is 0 Å². The molecule has 2 aromatic rings. The normalized spacial score (nSPS) is 10.3. The summed E-state index contributed by atoms with van der Waals surface area (Å²) in [5.41, 5.74) is 0.710. The maximum absolute atomic E-state index is 11.0. The lowest BCUT2D eigenvalue weighted by Gasteiger charge is -2.10. The number of halogens is 2. The zero-order valence-electron chi connectivity index (χ0n) is 9.85. The Morgan fingerprint density at radius 2 is 2.21 bits per heavy atom. The van der Waals surface area contributed by atoms with Gasteiger partial charge < -0.3 is 9.84 Å². The van der Waals surface area contributed by atoms with E-state index in [4.69, 9.17) is 21.4 Å². The van der Waals surface area contributed by atoms with E-state index in [9.17, 15) is 4.79 Å². The summed E-state index contributed by atoms with van der Waals surface area (Å²) < 4.78 is 6.30. The highest BCUT2D eigenvalue weighted by Crippen LogP contribution is 2.31. The summed E-state index contributed by atoms with van der Waals surface area (Å²) in [6.07, 6.45) is 1.55. The zero-order chi connectivity index (χ0) is 14.0. The van der Waals surface area contributed by atoms with Crippen LogP contribution in [0, 0.1) is 6.92 Å². The number of ether oxygens (including phenoxy) is 1. The van der Waals surface area contributed by atoms with Crippen molar-refractivity contribution in [2.24, 2.45) is 0 Å². The van der Waals surface area contributed by atoms with Crippen molar-refractivity contribution in [3.8, 4) is 11.6 Å². The van der Waals surface area contributed by atoms with Gasteiger partial charge in [-0.25, -0.2) is 9.78 Å².